The standard InChI is InChI=1S/C19H22N4O7/c1-12-18(23(27)28)13(2)22(20-12)9-14-5-7-15(8-6-14)19(26)21(10-16(24)29-3)11-17(25)30-4/h5-8H,9-11H2,1-4H3. The highest BCUT2D eigenvalue weighted by Gasteiger charge is 2.23. The maximum absolute atomic E-state index is 12.7. The molecule has 1 amide bonds. The first kappa shape index (κ1) is 22.5. The van der Waals surface area contributed by atoms with E-state index >= 15 is 0 Å². The normalized spacial score (nSPS) is 10.4. The Balaban J connectivity index is 2.19. The van der Waals surface area contributed by atoms with Crippen LogP contribution in [0.15, 0.2) is 24.3 Å². The molecule has 0 aliphatic rings. The molecule has 0 unspecified atom stereocenters. The second-order valence-corrected chi connectivity index (χ2v) is 6.44. The van der Waals surface area contributed by atoms with Gasteiger partial charge >= 0.3 is 17.6 Å². The van der Waals surface area contributed by atoms with Crippen LogP contribution in [0.25, 0.3) is 0 Å². The Labute approximate surface area is 172 Å². The SMILES string of the molecule is COC(=O)CN(CC(=O)OC)C(=O)c1ccc(Cn2nc(C)c([N+](=O)[O-])c2C)cc1. The number of carbonyl (C=O) groups excluding carboxylic acids is 3. The second-order valence-electron chi connectivity index (χ2n) is 6.44. The molecule has 11 nitrogen and oxygen atoms in total. The van der Waals surface area contributed by atoms with Gasteiger partial charge in [0.25, 0.3) is 5.91 Å². The third-order valence-corrected chi connectivity index (χ3v) is 4.44. The number of benzene rings is 1. The van der Waals surface area contributed by atoms with Crippen LogP contribution in [-0.4, -0.2) is 64.8 Å². The van der Waals surface area contributed by atoms with Crippen LogP contribution in [0.4, 0.5) is 5.69 Å². The van der Waals surface area contributed by atoms with Crippen molar-refractivity contribution < 1.29 is 28.8 Å². The minimum atomic E-state index is -0.671. The Morgan fingerprint density at radius 1 is 1.07 bits per heavy atom. The van der Waals surface area contributed by atoms with Gasteiger partial charge in [-0.2, -0.15) is 5.10 Å². The van der Waals surface area contributed by atoms with E-state index in [9.17, 15) is 24.5 Å². The number of methoxy groups -OCH3 is 2. The van der Waals surface area contributed by atoms with E-state index in [-0.39, 0.29) is 17.8 Å². The lowest BCUT2D eigenvalue weighted by molar-refractivity contribution is -0.386. The monoisotopic (exact) mass is 418 g/mol. The summed E-state index contributed by atoms with van der Waals surface area (Å²) in [4.78, 5) is 47.5. The van der Waals surface area contributed by atoms with Gasteiger partial charge in [0.1, 0.15) is 24.5 Å². The average Bonchev–Trinajstić information content (AvgIpc) is 3.00. The van der Waals surface area contributed by atoms with Gasteiger partial charge in [0.2, 0.25) is 0 Å². The quantitative estimate of drug-likeness (QED) is 0.355. The molecule has 30 heavy (non-hydrogen) atoms. The van der Waals surface area contributed by atoms with Gasteiger partial charge in [0.15, 0.2) is 0 Å². The van der Waals surface area contributed by atoms with Crippen LogP contribution in [-0.2, 0) is 25.6 Å². The molecule has 0 saturated heterocycles. The summed E-state index contributed by atoms with van der Waals surface area (Å²) in [5.41, 5.74) is 1.75. The van der Waals surface area contributed by atoms with Crippen molar-refractivity contribution in [3.05, 3.63) is 56.9 Å². The lowest BCUT2D eigenvalue weighted by Gasteiger charge is -2.20. The van der Waals surface area contributed by atoms with E-state index in [4.69, 9.17) is 0 Å². The van der Waals surface area contributed by atoms with Crippen LogP contribution in [0.3, 0.4) is 0 Å². The summed E-state index contributed by atoms with van der Waals surface area (Å²) in [6, 6.07) is 6.42. The summed E-state index contributed by atoms with van der Waals surface area (Å²) in [6.45, 7) is 2.67. The molecule has 2 aromatic rings. The van der Waals surface area contributed by atoms with Crippen LogP contribution < -0.4 is 0 Å². The molecule has 0 N–H and O–H groups in total. The zero-order valence-electron chi connectivity index (χ0n) is 17.1. The lowest BCUT2D eigenvalue weighted by Crippen LogP contribution is -2.40. The Kier molecular flexibility index (Phi) is 7.23. The summed E-state index contributed by atoms with van der Waals surface area (Å²) >= 11 is 0. The van der Waals surface area contributed by atoms with Gasteiger partial charge in [-0.1, -0.05) is 12.1 Å². The fraction of sp³-hybridized carbons (Fsp3) is 0.368. The second kappa shape index (κ2) is 9.63. The first-order chi connectivity index (χ1) is 14.2. The van der Waals surface area contributed by atoms with E-state index in [0.717, 1.165) is 10.5 Å². The van der Waals surface area contributed by atoms with Crippen molar-refractivity contribution in [1.82, 2.24) is 14.7 Å². The van der Waals surface area contributed by atoms with E-state index in [1.807, 2.05) is 0 Å². The molecule has 160 valence electrons. The van der Waals surface area contributed by atoms with E-state index in [0.29, 0.717) is 11.4 Å². The molecular weight excluding hydrogens is 396 g/mol. The van der Waals surface area contributed by atoms with E-state index < -0.39 is 35.9 Å². The summed E-state index contributed by atoms with van der Waals surface area (Å²) in [7, 11) is 2.36. The minimum Gasteiger partial charge on any atom is -0.468 e. The molecule has 1 heterocycles. The van der Waals surface area contributed by atoms with Crippen molar-refractivity contribution in [3.63, 3.8) is 0 Å². The molecule has 1 aromatic carbocycles. The Bertz CT molecular complexity index is 948. The topological polar surface area (TPSA) is 134 Å². The van der Waals surface area contributed by atoms with Crippen molar-refractivity contribution in [1.29, 1.82) is 0 Å². The maximum atomic E-state index is 12.7. The number of esters is 2. The first-order valence-electron chi connectivity index (χ1n) is 8.88. The Morgan fingerprint density at radius 3 is 2.03 bits per heavy atom. The number of amides is 1. The summed E-state index contributed by atoms with van der Waals surface area (Å²) in [6.07, 6.45) is 0. The fourth-order valence-electron chi connectivity index (χ4n) is 2.85. The van der Waals surface area contributed by atoms with Crippen LogP contribution >= 0.6 is 0 Å². The van der Waals surface area contributed by atoms with Crippen LogP contribution in [0.1, 0.15) is 27.3 Å². The highest BCUT2D eigenvalue weighted by Crippen LogP contribution is 2.22. The zero-order valence-corrected chi connectivity index (χ0v) is 17.1. The molecule has 2 rings (SSSR count). The van der Waals surface area contributed by atoms with Gasteiger partial charge in [-0.25, -0.2) is 0 Å². The predicted octanol–water partition coefficient (Wildman–Crippen LogP) is 1.24. The zero-order chi connectivity index (χ0) is 22.4. The van der Waals surface area contributed by atoms with Gasteiger partial charge in [-0.15, -0.1) is 0 Å². The molecule has 0 fully saturated rings. The molecular formula is C19H22N4O7. The molecule has 0 atom stereocenters. The number of carbonyl (C=O) groups is 3. The third-order valence-electron chi connectivity index (χ3n) is 4.44. The van der Waals surface area contributed by atoms with E-state index in [1.54, 1.807) is 38.1 Å². The van der Waals surface area contributed by atoms with Gasteiger partial charge in [-0.3, -0.25) is 29.2 Å². The van der Waals surface area contributed by atoms with E-state index in [2.05, 4.69) is 14.6 Å². The first-order valence-corrected chi connectivity index (χ1v) is 8.88. The average molecular weight is 418 g/mol. The third kappa shape index (κ3) is 5.19. The fourth-order valence-corrected chi connectivity index (χ4v) is 2.85. The Hall–Kier alpha value is -3.76. The molecule has 0 spiro atoms. The maximum Gasteiger partial charge on any atom is 0.325 e. The number of nitro groups is 1. The smallest absolute Gasteiger partial charge is 0.325 e. The van der Waals surface area contributed by atoms with Crippen molar-refractivity contribution in [2.45, 2.75) is 20.4 Å². The van der Waals surface area contributed by atoms with E-state index in [1.165, 1.54) is 18.9 Å². The van der Waals surface area contributed by atoms with Gasteiger partial charge in [0.05, 0.1) is 25.7 Å². The van der Waals surface area contributed by atoms with Gasteiger partial charge in [-0.05, 0) is 31.5 Å². The van der Waals surface area contributed by atoms with Crippen molar-refractivity contribution >= 4 is 23.5 Å². The molecule has 0 radical (unpaired) electrons. The molecule has 11 heteroatoms. The molecule has 0 saturated carbocycles. The molecule has 0 aliphatic carbocycles. The number of nitrogens with zero attached hydrogens (tertiary/aromatic N) is 4. The lowest BCUT2D eigenvalue weighted by atomic mass is 10.1. The number of hydrogen-bond acceptors (Lipinski definition) is 8. The number of rotatable bonds is 8. The molecule has 0 bridgehead atoms. The van der Waals surface area contributed by atoms with Crippen molar-refractivity contribution in [2.75, 3.05) is 27.3 Å². The van der Waals surface area contributed by atoms with Crippen LogP contribution in [0.5, 0.6) is 0 Å². The number of aryl methyl sites for hydroxylation is 1. The number of hydrogen-bond donors (Lipinski definition) is 0. The molecule has 0 aliphatic heterocycles. The van der Waals surface area contributed by atoms with Gasteiger partial charge < -0.3 is 14.4 Å². The Morgan fingerprint density at radius 2 is 1.60 bits per heavy atom. The predicted molar refractivity (Wildman–Crippen MR) is 104 cm³/mol. The highest BCUT2D eigenvalue weighted by atomic mass is 16.6. The van der Waals surface area contributed by atoms with Crippen molar-refractivity contribution in [2.24, 2.45) is 0 Å². The molecule has 1 aromatic heterocycles. The summed E-state index contributed by atoms with van der Waals surface area (Å²) < 4.78 is 10.6. The van der Waals surface area contributed by atoms with Crippen molar-refractivity contribution in [3.8, 4) is 0 Å². The van der Waals surface area contributed by atoms with Crippen LogP contribution in [0, 0.1) is 24.0 Å². The summed E-state index contributed by atoms with van der Waals surface area (Å²) in [5.74, 6) is -1.89. The minimum absolute atomic E-state index is 0.0249. The van der Waals surface area contributed by atoms with Gasteiger partial charge in [0, 0.05) is 5.56 Å². The highest BCUT2D eigenvalue weighted by molar-refractivity contribution is 5.97. The summed E-state index contributed by atoms with van der Waals surface area (Å²) in [5, 5.41) is 15.3. The number of ether oxygens (including phenoxy) is 2. The van der Waals surface area contributed by atoms with Crippen LogP contribution in [0.2, 0.25) is 0 Å². The largest absolute Gasteiger partial charge is 0.468 e. The number of aromatic nitrogens is 2.